The van der Waals surface area contributed by atoms with Crippen molar-refractivity contribution >= 4 is 44.8 Å². The van der Waals surface area contributed by atoms with Crippen LogP contribution in [0.4, 0.5) is 0 Å². The van der Waals surface area contributed by atoms with Crippen molar-refractivity contribution in [3.63, 3.8) is 0 Å². The summed E-state index contributed by atoms with van der Waals surface area (Å²) in [6.07, 6.45) is 0. The van der Waals surface area contributed by atoms with Crippen LogP contribution in [0.1, 0.15) is 22.7 Å². The number of sulfonamides is 1. The zero-order valence-corrected chi connectivity index (χ0v) is 15.6. The molecule has 23 heavy (non-hydrogen) atoms. The van der Waals surface area contributed by atoms with Gasteiger partial charge in [0.25, 0.3) is 0 Å². The van der Waals surface area contributed by atoms with Gasteiger partial charge in [0.2, 0.25) is 13.8 Å². The Morgan fingerprint density at radius 1 is 0.870 bits per heavy atom. The van der Waals surface area contributed by atoms with E-state index in [-0.39, 0.29) is 4.90 Å². The Kier molecular flexibility index (Phi) is 5.64. The highest BCUT2D eigenvalue weighted by molar-refractivity contribution is 7.89. The Hall–Kier alpha value is -0.780. The third kappa shape index (κ3) is 4.85. The van der Waals surface area contributed by atoms with Gasteiger partial charge in [0.05, 0.1) is 10.9 Å². The molecule has 0 amide bonds. The molecule has 2 aromatic rings. The second kappa shape index (κ2) is 6.99. The first-order chi connectivity index (χ1) is 10.6. The molecular formula is C16H16Cl3NO2S. The molecule has 0 bridgehead atoms. The maximum absolute atomic E-state index is 12.6. The lowest BCUT2D eigenvalue weighted by Crippen LogP contribution is -2.36. The number of halogens is 3. The van der Waals surface area contributed by atoms with Crippen molar-refractivity contribution in [3.8, 4) is 0 Å². The van der Waals surface area contributed by atoms with Gasteiger partial charge in [0.15, 0.2) is 0 Å². The van der Waals surface area contributed by atoms with Crippen molar-refractivity contribution in [1.29, 1.82) is 0 Å². The lowest BCUT2D eigenvalue weighted by atomic mass is 10.1. The molecule has 7 heteroatoms. The number of hydrogen-bond donors (Lipinski definition) is 1. The Labute approximate surface area is 151 Å². The molecule has 0 aromatic heterocycles. The molecular weight excluding hydrogens is 377 g/mol. The minimum atomic E-state index is -3.82. The predicted octanol–water partition coefficient (Wildman–Crippen LogP) is 4.69. The van der Waals surface area contributed by atoms with E-state index in [0.717, 1.165) is 11.1 Å². The van der Waals surface area contributed by atoms with Gasteiger partial charge in [-0.1, -0.05) is 82.3 Å². The Morgan fingerprint density at radius 2 is 1.30 bits per heavy atom. The third-order valence-electron chi connectivity index (χ3n) is 3.34. The van der Waals surface area contributed by atoms with Crippen LogP contribution in [0.2, 0.25) is 0 Å². The second-order valence-corrected chi connectivity index (χ2v) is 9.40. The smallest absolute Gasteiger partial charge is 0.207 e. The normalized spacial score (nSPS) is 13.8. The van der Waals surface area contributed by atoms with E-state index in [0.29, 0.717) is 5.56 Å². The van der Waals surface area contributed by atoms with E-state index in [1.54, 1.807) is 24.3 Å². The maximum Gasteiger partial charge on any atom is 0.241 e. The topological polar surface area (TPSA) is 46.2 Å². The highest BCUT2D eigenvalue weighted by Gasteiger charge is 2.37. The number of alkyl halides is 3. The summed E-state index contributed by atoms with van der Waals surface area (Å²) in [6.45, 7) is 3.80. The van der Waals surface area contributed by atoms with Crippen LogP contribution in [0.5, 0.6) is 0 Å². The van der Waals surface area contributed by atoms with Crippen LogP contribution in [0.3, 0.4) is 0 Å². The van der Waals surface area contributed by atoms with E-state index in [2.05, 4.69) is 4.72 Å². The summed E-state index contributed by atoms with van der Waals surface area (Å²) < 4.78 is 25.8. The standard InChI is InChI=1S/C16H16Cl3NO2S/c1-11-3-7-13(8-4-11)15(16(17,18)19)20-23(21,22)14-9-5-12(2)6-10-14/h3-10,15,20H,1-2H3. The van der Waals surface area contributed by atoms with E-state index < -0.39 is 19.9 Å². The lowest BCUT2D eigenvalue weighted by Gasteiger charge is -2.26. The lowest BCUT2D eigenvalue weighted by molar-refractivity contribution is 0.558. The third-order valence-corrected chi connectivity index (χ3v) is 5.44. The molecule has 0 radical (unpaired) electrons. The van der Waals surface area contributed by atoms with E-state index in [1.807, 2.05) is 26.0 Å². The fourth-order valence-corrected chi connectivity index (χ4v) is 4.01. The minimum absolute atomic E-state index is 0.120. The van der Waals surface area contributed by atoms with Gasteiger partial charge in [-0.15, -0.1) is 0 Å². The summed E-state index contributed by atoms with van der Waals surface area (Å²) in [7, 11) is -3.82. The average Bonchev–Trinajstić information content (AvgIpc) is 2.45. The summed E-state index contributed by atoms with van der Waals surface area (Å²) in [6, 6.07) is 12.6. The molecule has 0 aliphatic heterocycles. The minimum Gasteiger partial charge on any atom is -0.207 e. The van der Waals surface area contributed by atoms with Crippen LogP contribution in [0.15, 0.2) is 53.4 Å². The Morgan fingerprint density at radius 3 is 1.74 bits per heavy atom. The van der Waals surface area contributed by atoms with Crippen LogP contribution in [0.25, 0.3) is 0 Å². The van der Waals surface area contributed by atoms with Crippen molar-refractivity contribution in [2.75, 3.05) is 0 Å². The van der Waals surface area contributed by atoms with E-state index in [4.69, 9.17) is 34.8 Å². The van der Waals surface area contributed by atoms with Gasteiger partial charge >= 0.3 is 0 Å². The van der Waals surface area contributed by atoms with E-state index in [9.17, 15) is 8.42 Å². The van der Waals surface area contributed by atoms with Crippen LogP contribution >= 0.6 is 34.8 Å². The van der Waals surface area contributed by atoms with E-state index >= 15 is 0 Å². The number of rotatable bonds is 4. The SMILES string of the molecule is Cc1ccc(C(NS(=O)(=O)c2ccc(C)cc2)C(Cl)(Cl)Cl)cc1. The zero-order chi connectivity index (χ0) is 17.3. The van der Waals surface area contributed by atoms with E-state index in [1.165, 1.54) is 12.1 Å². The fraction of sp³-hybridized carbons (Fsp3) is 0.250. The van der Waals surface area contributed by atoms with Gasteiger partial charge in [-0.25, -0.2) is 8.42 Å². The maximum atomic E-state index is 12.6. The molecule has 0 saturated carbocycles. The van der Waals surface area contributed by atoms with Gasteiger partial charge < -0.3 is 0 Å². The van der Waals surface area contributed by atoms with Crippen LogP contribution in [-0.2, 0) is 10.0 Å². The largest absolute Gasteiger partial charge is 0.241 e. The first kappa shape index (κ1) is 18.6. The fourth-order valence-electron chi connectivity index (χ4n) is 2.02. The van der Waals surface area contributed by atoms with Gasteiger partial charge in [-0.05, 0) is 31.5 Å². The summed E-state index contributed by atoms with van der Waals surface area (Å²) >= 11 is 18.0. The number of hydrogen-bond acceptors (Lipinski definition) is 2. The molecule has 0 saturated heterocycles. The van der Waals surface area contributed by atoms with Crippen molar-refractivity contribution in [3.05, 3.63) is 65.2 Å². The molecule has 1 unspecified atom stereocenters. The second-order valence-electron chi connectivity index (χ2n) is 5.32. The first-order valence-electron chi connectivity index (χ1n) is 6.82. The number of aryl methyl sites for hydroxylation is 2. The Balaban J connectivity index is 2.38. The Bertz CT molecular complexity index is 766. The van der Waals surface area contributed by atoms with Crippen LogP contribution in [-0.4, -0.2) is 12.2 Å². The number of benzene rings is 2. The molecule has 0 aliphatic carbocycles. The molecule has 0 heterocycles. The molecule has 124 valence electrons. The monoisotopic (exact) mass is 391 g/mol. The highest BCUT2D eigenvalue weighted by Crippen LogP contribution is 2.40. The molecule has 0 fully saturated rings. The van der Waals surface area contributed by atoms with Gasteiger partial charge in [0, 0.05) is 0 Å². The molecule has 2 aromatic carbocycles. The molecule has 0 aliphatic rings. The van der Waals surface area contributed by atoms with Gasteiger partial charge in [-0.3, -0.25) is 0 Å². The van der Waals surface area contributed by atoms with Crippen molar-refractivity contribution < 1.29 is 8.42 Å². The summed E-state index contributed by atoms with van der Waals surface area (Å²) in [5, 5.41) is 0. The molecule has 1 N–H and O–H groups in total. The van der Waals surface area contributed by atoms with Gasteiger partial charge in [-0.2, -0.15) is 4.72 Å². The molecule has 0 spiro atoms. The van der Waals surface area contributed by atoms with Crippen molar-refractivity contribution in [1.82, 2.24) is 4.72 Å². The van der Waals surface area contributed by atoms with Crippen molar-refractivity contribution in [2.45, 2.75) is 28.6 Å². The summed E-state index contributed by atoms with van der Waals surface area (Å²) in [5.74, 6) is 0. The van der Waals surface area contributed by atoms with Gasteiger partial charge in [0.1, 0.15) is 0 Å². The quantitative estimate of drug-likeness (QED) is 0.767. The average molecular weight is 393 g/mol. The molecule has 3 nitrogen and oxygen atoms in total. The van der Waals surface area contributed by atoms with Crippen LogP contribution < -0.4 is 4.72 Å². The number of nitrogens with one attached hydrogen (secondary N) is 1. The van der Waals surface area contributed by atoms with Crippen molar-refractivity contribution in [2.24, 2.45) is 0 Å². The predicted molar refractivity (Wildman–Crippen MR) is 95.7 cm³/mol. The van der Waals surface area contributed by atoms with Crippen LogP contribution in [0, 0.1) is 13.8 Å². The molecule has 1 atom stereocenters. The summed E-state index contributed by atoms with van der Waals surface area (Å²) in [4.78, 5) is 0.120. The molecule has 2 rings (SSSR count). The first-order valence-corrected chi connectivity index (χ1v) is 9.43. The zero-order valence-electron chi connectivity index (χ0n) is 12.6. The highest BCUT2D eigenvalue weighted by atomic mass is 35.6. The summed E-state index contributed by atoms with van der Waals surface area (Å²) in [5.41, 5.74) is 2.56.